The minimum atomic E-state index is -4.15. The van der Waals surface area contributed by atoms with Crippen molar-refractivity contribution in [1.29, 1.82) is 0 Å². The van der Waals surface area contributed by atoms with Crippen molar-refractivity contribution >= 4 is 33.9 Å². The first-order valence-electron chi connectivity index (χ1n) is 11.0. The highest BCUT2D eigenvalue weighted by atomic mass is 32.2. The van der Waals surface area contributed by atoms with Gasteiger partial charge in [0, 0.05) is 36.5 Å². The number of hydrogen-bond donors (Lipinski definition) is 2. The third-order valence-electron chi connectivity index (χ3n) is 5.76. The summed E-state index contributed by atoms with van der Waals surface area (Å²) >= 11 is 0.980. The molecule has 1 aromatic heterocycles. The van der Waals surface area contributed by atoms with Gasteiger partial charge in [0.1, 0.15) is 5.82 Å². The predicted molar refractivity (Wildman–Crippen MR) is 131 cm³/mol. The second-order valence-corrected chi connectivity index (χ2v) is 11.9. The van der Waals surface area contributed by atoms with Gasteiger partial charge in [0.25, 0.3) is 0 Å². The van der Waals surface area contributed by atoms with Crippen molar-refractivity contribution in [3.8, 4) is 5.88 Å². The van der Waals surface area contributed by atoms with Gasteiger partial charge >= 0.3 is 16.3 Å². The van der Waals surface area contributed by atoms with E-state index < -0.39 is 45.4 Å². The quantitative estimate of drug-likeness (QED) is 0.398. The Hall–Kier alpha value is -2.71. The number of hydrogen-bond acceptors (Lipinski definition) is 7. The number of halogens is 2. The zero-order chi connectivity index (χ0) is 26.8. The topological polar surface area (TPSA) is 125 Å². The summed E-state index contributed by atoms with van der Waals surface area (Å²) in [5, 5.41) is 9.72. The van der Waals surface area contributed by atoms with Crippen LogP contribution in [0.3, 0.4) is 0 Å². The molecule has 0 bridgehead atoms. The van der Waals surface area contributed by atoms with Crippen LogP contribution < -0.4 is 9.46 Å². The molecule has 1 aliphatic rings. The van der Waals surface area contributed by atoms with Crippen LogP contribution in [0, 0.1) is 17.0 Å². The molecule has 198 valence electrons. The highest BCUT2D eigenvalue weighted by Crippen LogP contribution is 2.34. The number of carbonyl (C=O) groups is 1. The third-order valence-corrected chi connectivity index (χ3v) is 8.26. The Bertz CT molecular complexity index is 1230. The van der Waals surface area contributed by atoms with Gasteiger partial charge in [-0.3, -0.25) is 4.72 Å². The summed E-state index contributed by atoms with van der Waals surface area (Å²) in [5.41, 5.74) is -0.424. The second kappa shape index (κ2) is 10.7. The molecule has 1 amide bonds. The fourth-order valence-electron chi connectivity index (χ4n) is 4.33. The number of rotatable bonds is 7. The van der Waals surface area contributed by atoms with Crippen LogP contribution in [0.15, 0.2) is 29.4 Å². The summed E-state index contributed by atoms with van der Waals surface area (Å²) in [6.07, 6.45) is -1.11. The van der Waals surface area contributed by atoms with Crippen molar-refractivity contribution in [3.05, 3.63) is 41.5 Å². The lowest BCUT2D eigenvalue weighted by molar-refractivity contribution is 0.0161. The summed E-state index contributed by atoms with van der Waals surface area (Å²) in [7, 11) is -2.80. The lowest BCUT2D eigenvalue weighted by atomic mass is 9.80. The molecular formula is C22H29F2N5O5S2. The van der Waals surface area contributed by atoms with Crippen LogP contribution in [-0.4, -0.2) is 71.1 Å². The summed E-state index contributed by atoms with van der Waals surface area (Å²) in [6.45, 7) is 7.20. The minimum Gasteiger partial charge on any atom is -0.481 e. The number of nitrogens with one attached hydrogen (secondary N) is 1. The molecule has 2 atom stereocenters. The van der Waals surface area contributed by atoms with E-state index >= 15 is 0 Å². The van der Waals surface area contributed by atoms with E-state index in [-0.39, 0.29) is 41.3 Å². The first kappa shape index (κ1) is 27.9. The molecule has 2 heterocycles. The van der Waals surface area contributed by atoms with Crippen LogP contribution in [0.5, 0.6) is 5.88 Å². The summed E-state index contributed by atoms with van der Waals surface area (Å²) < 4.78 is 63.0. The van der Waals surface area contributed by atoms with Gasteiger partial charge in [0.15, 0.2) is 16.8 Å². The number of carboxylic acid groups (broad SMARTS) is 1. The number of ether oxygens (including phenoxy) is 1. The SMILES string of the molecule is COc1cc(NS(=O)(=O)N2CCN(C(=O)O)C(C(C)(C)C)[C@@H]2C)nc(SCc2cccc(F)c2F)n1. The minimum absolute atomic E-state index is 0.00436. The van der Waals surface area contributed by atoms with Crippen molar-refractivity contribution in [2.45, 2.75) is 50.7 Å². The van der Waals surface area contributed by atoms with E-state index in [0.29, 0.717) is 0 Å². The molecule has 2 N–H and O–H groups in total. The lowest BCUT2D eigenvalue weighted by Crippen LogP contribution is -2.65. The summed E-state index contributed by atoms with van der Waals surface area (Å²) in [4.78, 5) is 21.4. The molecule has 14 heteroatoms. The zero-order valence-corrected chi connectivity index (χ0v) is 22.2. The summed E-state index contributed by atoms with van der Waals surface area (Å²) in [6, 6.07) is 3.87. The molecule has 0 spiro atoms. The fourth-order valence-corrected chi connectivity index (χ4v) is 6.52. The molecule has 0 saturated carbocycles. The molecule has 1 aliphatic heterocycles. The second-order valence-electron chi connectivity index (χ2n) is 9.32. The first-order chi connectivity index (χ1) is 16.7. The lowest BCUT2D eigenvalue weighted by Gasteiger charge is -2.49. The highest BCUT2D eigenvalue weighted by Gasteiger charge is 2.46. The Morgan fingerprint density at radius 1 is 1.28 bits per heavy atom. The molecule has 1 aromatic carbocycles. The largest absolute Gasteiger partial charge is 0.481 e. The van der Waals surface area contributed by atoms with Gasteiger partial charge in [-0.25, -0.2) is 18.6 Å². The van der Waals surface area contributed by atoms with Crippen molar-refractivity contribution < 1.29 is 31.8 Å². The molecule has 0 radical (unpaired) electrons. The maximum absolute atomic E-state index is 14.0. The van der Waals surface area contributed by atoms with Crippen molar-refractivity contribution in [1.82, 2.24) is 19.2 Å². The maximum atomic E-state index is 14.0. The van der Waals surface area contributed by atoms with Crippen LogP contribution >= 0.6 is 11.8 Å². The molecular weight excluding hydrogens is 516 g/mol. The smallest absolute Gasteiger partial charge is 0.407 e. The van der Waals surface area contributed by atoms with Gasteiger partial charge < -0.3 is 14.7 Å². The Morgan fingerprint density at radius 2 is 1.97 bits per heavy atom. The number of amides is 1. The van der Waals surface area contributed by atoms with Crippen molar-refractivity contribution in [3.63, 3.8) is 0 Å². The van der Waals surface area contributed by atoms with Gasteiger partial charge in [-0.2, -0.15) is 17.7 Å². The van der Waals surface area contributed by atoms with Gasteiger partial charge in [0.05, 0.1) is 13.2 Å². The number of thioether (sulfide) groups is 1. The molecule has 10 nitrogen and oxygen atoms in total. The van der Waals surface area contributed by atoms with Crippen molar-refractivity contribution in [2.24, 2.45) is 5.41 Å². The number of piperazine rings is 1. The molecule has 1 unspecified atom stereocenters. The van der Waals surface area contributed by atoms with Crippen LogP contribution in [0.25, 0.3) is 0 Å². The molecule has 3 rings (SSSR count). The number of benzene rings is 1. The third kappa shape index (κ3) is 6.16. The fraction of sp³-hybridized carbons (Fsp3) is 0.500. The van der Waals surface area contributed by atoms with Gasteiger partial charge in [-0.15, -0.1) is 0 Å². The number of nitrogens with zero attached hydrogens (tertiary/aromatic N) is 4. The zero-order valence-electron chi connectivity index (χ0n) is 20.5. The van der Waals surface area contributed by atoms with E-state index in [1.54, 1.807) is 6.92 Å². The van der Waals surface area contributed by atoms with E-state index in [2.05, 4.69) is 14.7 Å². The van der Waals surface area contributed by atoms with E-state index in [9.17, 15) is 27.1 Å². The molecule has 1 fully saturated rings. The van der Waals surface area contributed by atoms with E-state index in [1.807, 2.05) is 20.8 Å². The Kier molecular flexibility index (Phi) is 8.30. The average Bonchev–Trinajstić information content (AvgIpc) is 2.78. The molecule has 1 saturated heterocycles. The van der Waals surface area contributed by atoms with Crippen LogP contribution in [0.1, 0.15) is 33.3 Å². The highest BCUT2D eigenvalue weighted by molar-refractivity contribution is 7.98. The number of methoxy groups -OCH3 is 1. The normalized spacial score (nSPS) is 19.2. The van der Waals surface area contributed by atoms with Gasteiger partial charge in [-0.1, -0.05) is 44.7 Å². The first-order valence-corrected chi connectivity index (χ1v) is 13.4. The van der Waals surface area contributed by atoms with E-state index in [1.165, 1.54) is 34.5 Å². The Balaban J connectivity index is 1.84. The van der Waals surface area contributed by atoms with Gasteiger partial charge in [0.2, 0.25) is 5.88 Å². The Morgan fingerprint density at radius 3 is 2.58 bits per heavy atom. The monoisotopic (exact) mass is 545 g/mol. The van der Waals surface area contributed by atoms with E-state index in [4.69, 9.17) is 4.74 Å². The predicted octanol–water partition coefficient (Wildman–Crippen LogP) is 3.81. The molecule has 0 aliphatic carbocycles. The number of aromatic nitrogens is 2. The van der Waals surface area contributed by atoms with Crippen LogP contribution in [0.2, 0.25) is 0 Å². The van der Waals surface area contributed by atoms with Gasteiger partial charge in [-0.05, 0) is 18.4 Å². The van der Waals surface area contributed by atoms with Crippen LogP contribution in [0.4, 0.5) is 19.4 Å². The van der Waals surface area contributed by atoms with Crippen molar-refractivity contribution in [2.75, 3.05) is 24.9 Å². The maximum Gasteiger partial charge on any atom is 0.407 e. The standard InChI is InChI=1S/C22H29F2N5O5S2/c1-13-19(22(2,3)4)28(21(30)31)9-10-29(13)36(32,33)27-16-11-17(34-5)26-20(25-16)35-12-14-7-6-8-15(23)18(14)24/h6-8,11,13,19H,9-10,12H2,1-5H3,(H,30,31)(H,25,26,27)/t13-,19?/m0/s1. The Labute approximate surface area is 213 Å². The number of anilines is 1. The molecule has 2 aromatic rings. The average molecular weight is 546 g/mol. The van der Waals surface area contributed by atoms with E-state index in [0.717, 1.165) is 17.8 Å². The summed E-state index contributed by atoms with van der Waals surface area (Å²) in [5.74, 6) is -1.95. The molecule has 36 heavy (non-hydrogen) atoms. The van der Waals surface area contributed by atoms with Crippen LogP contribution in [-0.2, 0) is 16.0 Å².